The zero-order valence-corrected chi connectivity index (χ0v) is 28.5. The topological polar surface area (TPSA) is 144 Å². The number of unbranched alkanes of at least 4 members (excludes halogenated alkanes) is 1. The molecule has 4 aromatic carbocycles. The highest BCUT2D eigenvalue weighted by molar-refractivity contribution is 5.96. The van der Waals surface area contributed by atoms with Gasteiger partial charge in [0.25, 0.3) is 11.8 Å². The number of quaternary nitrogens is 2. The molecule has 0 bridgehead atoms. The van der Waals surface area contributed by atoms with Gasteiger partial charge in [-0.05, 0) is 36.4 Å². The summed E-state index contributed by atoms with van der Waals surface area (Å²) in [5, 5.41) is 10.5. The summed E-state index contributed by atoms with van der Waals surface area (Å²) in [6.45, 7) is 5.14. The number of hydrogen-bond acceptors (Lipinski definition) is 6. The van der Waals surface area contributed by atoms with Gasteiger partial charge in [-0.3, -0.25) is 9.59 Å². The summed E-state index contributed by atoms with van der Waals surface area (Å²) < 4.78 is 10.8. The number of nitrogens with one attached hydrogen (secondary N) is 2. The Morgan fingerprint density at radius 2 is 0.820 bits per heavy atom. The highest BCUT2D eigenvalue weighted by Gasteiger charge is 2.15. The lowest BCUT2D eigenvalue weighted by atomic mass is 10.1. The third kappa shape index (κ3) is 12.9. The summed E-state index contributed by atoms with van der Waals surface area (Å²) in [5.41, 5.74) is 3.32. The molecule has 0 spiro atoms. The lowest BCUT2D eigenvalue weighted by Gasteiger charge is -2.11. The first-order chi connectivity index (χ1) is 24.5. The van der Waals surface area contributed by atoms with Gasteiger partial charge in [-0.1, -0.05) is 72.8 Å². The third-order valence-electron chi connectivity index (χ3n) is 8.07. The monoisotopic (exact) mass is 680 g/mol. The summed E-state index contributed by atoms with van der Waals surface area (Å²) in [7, 11) is 0. The minimum Gasteiger partial charge on any atom is -0.457 e. The normalized spacial score (nSPS) is 10.6. The highest BCUT2D eigenvalue weighted by atomic mass is 16.5. The quantitative estimate of drug-likeness (QED) is 0.0786. The van der Waals surface area contributed by atoms with Gasteiger partial charge in [0, 0.05) is 61.0 Å². The number of rotatable bonds is 21. The van der Waals surface area contributed by atoms with E-state index in [0.29, 0.717) is 46.5 Å². The summed E-state index contributed by atoms with van der Waals surface area (Å²) in [4.78, 5) is 50.1. The number of esters is 2. The summed E-state index contributed by atoms with van der Waals surface area (Å²) in [6.07, 6.45) is 3.94. The predicted octanol–water partition coefficient (Wildman–Crippen LogP) is 3.25. The van der Waals surface area contributed by atoms with Crippen LogP contribution in [-0.4, -0.2) is 63.0 Å². The number of amides is 2. The summed E-state index contributed by atoms with van der Waals surface area (Å²) in [6, 6.07) is 31.9. The molecule has 0 aliphatic rings. The minimum atomic E-state index is -0.420. The lowest BCUT2D eigenvalue weighted by Crippen LogP contribution is -2.86. The minimum absolute atomic E-state index is 0.0331. The van der Waals surface area contributed by atoms with Crippen LogP contribution in [0.15, 0.2) is 109 Å². The Labute approximate surface area is 294 Å². The fraction of sp³-hybridized carbons (Fsp3) is 0.300. The number of ether oxygens (including phenoxy) is 2. The number of carbonyl (C=O) groups excluding carboxylic acids is 4. The van der Waals surface area contributed by atoms with Crippen molar-refractivity contribution in [3.05, 3.63) is 143 Å². The molecule has 0 saturated carbocycles. The van der Waals surface area contributed by atoms with Crippen LogP contribution in [0.2, 0.25) is 0 Å². The molecule has 0 radical (unpaired) electrons. The van der Waals surface area contributed by atoms with Gasteiger partial charge in [0.2, 0.25) is 0 Å². The van der Waals surface area contributed by atoms with Crippen molar-refractivity contribution >= 4 is 23.8 Å². The van der Waals surface area contributed by atoms with Gasteiger partial charge in [-0.25, -0.2) is 9.59 Å². The molecule has 0 aliphatic heterocycles. The van der Waals surface area contributed by atoms with Crippen LogP contribution in [0.25, 0.3) is 0 Å². The van der Waals surface area contributed by atoms with E-state index in [0.717, 1.165) is 51.9 Å². The van der Waals surface area contributed by atoms with Crippen LogP contribution in [-0.2, 0) is 22.7 Å². The van der Waals surface area contributed by atoms with Crippen molar-refractivity contribution in [2.24, 2.45) is 0 Å². The van der Waals surface area contributed by atoms with Gasteiger partial charge < -0.3 is 30.7 Å². The Morgan fingerprint density at radius 1 is 0.460 bits per heavy atom. The van der Waals surface area contributed by atoms with E-state index in [1.54, 1.807) is 84.9 Å². The van der Waals surface area contributed by atoms with Gasteiger partial charge in [-0.15, -0.1) is 0 Å². The Kier molecular flexibility index (Phi) is 16.2. The molecular formula is C40H48N4O6+2. The van der Waals surface area contributed by atoms with E-state index in [-0.39, 0.29) is 25.0 Å². The SMILES string of the molecule is O=C(OCc1ccccc1C(=O)NCCC[NH2+]CCCC[NH2+]CCCNC(=O)c1ccccc1COC(=O)c1ccccc1)c1ccccc1. The van der Waals surface area contributed by atoms with Gasteiger partial charge in [-0.2, -0.15) is 0 Å². The maximum Gasteiger partial charge on any atom is 0.338 e. The van der Waals surface area contributed by atoms with Gasteiger partial charge in [0.1, 0.15) is 13.2 Å². The lowest BCUT2D eigenvalue weighted by molar-refractivity contribution is -0.664. The van der Waals surface area contributed by atoms with Crippen molar-refractivity contribution in [2.45, 2.75) is 38.9 Å². The Bertz CT molecular complexity index is 1530. The molecule has 0 aromatic heterocycles. The number of nitrogens with two attached hydrogens (primary N) is 2. The second kappa shape index (κ2) is 21.6. The van der Waals surface area contributed by atoms with Crippen molar-refractivity contribution in [3.63, 3.8) is 0 Å². The Hall–Kier alpha value is -5.32. The molecule has 262 valence electrons. The van der Waals surface area contributed by atoms with Crippen molar-refractivity contribution in [1.29, 1.82) is 0 Å². The van der Waals surface area contributed by atoms with Crippen molar-refractivity contribution in [3.8, 4) is 0 Å². The number of benzene rings is 4. The van der Waals surface area contributed by atoms with Crippen LogP contribution in [0.4, 0.5) is 0 Å². The van der Waals surface area contributed by atoms with E-state index >= 15 is 0 Å². The molecule has 2 amide bonds. The van der Waals surface area contributed by atoms with Gasteiger partial charge in [0.05, 0.1) is 37.3 Å². The largest absolute Gasteiger partial charge is 0.457 e. The predicted molar refractivity (Wildman–Crippen MR) is 190 cm³/mol. The maximum atomic E-state index is 12.8. The summed E-state index contributed by atoms with van der Waals surface area (Å²) >= 11 is 0. The average Bonchev–Trinajstić information content (AvgIpc) is 3.16. The smallest absolute Gasteiger partial charge is 0.338 e. The molecule has 4 aromatic rings. The van der Waals surface area contributed by atoms with E-state index in [4.69, 9.17) is 9.47 Å². The van der Waals surface area contributed by atoms with Crippen molar-refractivity contribution in [2.75, 3.05) is 39.3 Å². The zero-order valence-electron chi connectivity index (χ0n) is 28.5. The maximum absolute atomic E-state index is 12.8. The molecule has 0 aliphatic carbocycles. The van der Waals surface area contributed by atoms with E-state index in [1.165, 1.54) is 0 Å². The molecule has 0 atom stereocenters. The summed E-state index contributed by atoms with van der Waals surface area (Å²) in [5.74, 6) is -1.18. The van der Waals surface area contributed by atoms with Crippen LogP contribution in [0.1, 0.15) is 78.2 Å². The Morgan fingerprint density at radius 3 is 1.24 bits per heavy atom. The second-order valence-corrected chi connectivity index (χ2v) is 11.9. The number of hydrogen-bond donors (Lipinski definition) is 4. The van der Waals surface area contributed by atoms with Crippen molar-refractivity contribution in [1.82, 2.24) is 10.6 Å². The van der Waals surface area contributed by atoms with Crippen LogP contribution >= 0.6 is 0 Å². The van der Waals surface area contributed by atoms with Crippen LogP contribution < -0.4 is 21.3 Å². The van der Waals surface area contributed by atoms with Crippen LogP contribution in [0, 0.1) is 0 Å². The molecule has 0 unspecified atom stereocenters. The molecule has 50 heavy (non-hydrogen) atoms. The third-order valence-corrected chi connectivity index (χ3v) is 8.07. The van der Waals surface area contributed by atoms with Gasteiger partial charge >= 0.3 is 11.9 Å². The standard InChI is InChI=1S/C40H46N4O6/c45-37(35-21-9-7-19-33(35)29-49-39(47)31-15-3-1-4-16-31)43-27-13-25-41-23-11-12-24-42-26-14-28-44-38(46)36-22-10-8-20-34(36)30-50-40(48)32-17-5-2-6-18-32/h1-10,15-22,41-42H,11-14,23-30H2,(H,43,45)(H,44,46)/p+2. The van der Waals surface area contributed by atoms with E-state index in [9.17, 15) is 19.2 Å². The first-order valence-corrected chi connectivity index (χ1v) is 17.3. The molecule has 0 heterocycles. The number of carbonyl (C=O) groups is 4. The first-order valence-electron chi connectivity index (χ1n) is 17.3. The molecule has 0 saturated heterocycles. The van der Waals surface area contributed by atoms with Crippen LogP contribution in [0.5, 0.6) is 0 Å². The molecule has 4 rings (SSSR count). The fourth-order valence-electron chi connectivity index (χ4n) is 5.29. The second-order valence-electron chi connectivity index (χ2n) is 11.9. The van der Waals surface area contributed by atoms with E-state index in [2.05, 4.69) is 21.3 Å². The van der Waals surface area contributed by atoms with E-state index in [1.807, 2.05) is 24.3 Å². The molecule has 0 fully saturated rings. The first kappa shape index (κ1) is 37.5. The van der Waals surface area contributed by atoms with Crippen molar-refractivity contribution < 1.29 is 39.3 Å². The van der Waals surface area contributed by atoms with Gasteiger partial charge in [0.15, 0.2) is 0 Å². The van der Waals surface area contributed by atoms with E-state index < -0.39 is 11.9 Å². The van der Waals surface area contributed by atoms with Crippen LogP contribution in [0.3, 0.4) is 0 Å². The molecular weight excluding hydrogens is 632 g/mol. The Balaban J connectivity index is 0.989. The highest BCUT2D eigenvalue weighted by Crippen LogP contribution is 2.13. The molecule has 6 N–H and O–H groups in total. The average molecular weight is 681 g/mol. The molecule has 10 nitrogen and oxygen atoms in total. The fourth-order valence-corrected chi connectivity index (χ4v) is 5.29. The zero-order chi connectivity index (χ0) is 35.2. The molecule has 10 heteroatoms.